The molecule has 0 heterocycles. The lowest BCUT2D eigenvalue weighted by atomic mass is 9.79. The summed E-state index contributed by atoms with van der Waals surface area (Å²) in [6.45, 7) is 3.21. The van der Waals surface area contributed by atoms with E-state index in [0.717, 1.165) is 31.2 Å². The molecule has 19 heavy (non-hydrogen) atoms. The van der Waals surface area contributed by atoms with Crippen LogP contribution in [0.2, 0.25) is 0 Å². The van der Waals surface area contributed by atoms with E-state index < -0.39 is 0 Å². The molecule has 0 radical (unpaired) electrons. The highest BCUT2D eigenvalue weighted by atomic mass is 16.1. The van der Waals surface area contributed by atoms with Crippen LogP contribution in [-0.2, 0) is 4.79 Å². The van der Waals surface area contributed by atoms with Gasteiger partial charge in [-0.25, -0.2) is 0 Å². The summed E-state index contributed by atoms with van der Waals surface area (Å²) >= 11 is 0. The SMILES string of the molecule is CNC1(CC(=O)NCC2CCC(C)C2)CCCCC1. The van der Waals surface area contributed by atoms with Crippen molar-refractivity contribution in [2.75, 3.05) is 13.6 Å². The molecule has 2 N–H and O–H groups in total. The van der Waals surface area contributed by atoms with E-state index >= 15 is 0 Å². The predicted molar refractivity (Wildman–Crippen MR) is 79.0 cm³/mol. The van der Waals surface area contributed by atoms with Crippen molar-refractivity contribution < 1.29 is 4.79 Å². The smallest absolute Gasteiger partial charge is 0.221 e. The Labute approximate surface area is 117 Å². The normalized spacial score (nSPS) is 30.2. The van der Waals surface area contributed by atoms with Gasteiger partial charge in [0.15, 0.2) is 0 Å². The summed E-state index contributed by atoms with van der Waals surface area (Å²) in [5.74, 6) is 1.82. The maximum Gasteiger partial charge on any atom is 0.221 e. The molecule has 3 nitrogen and oxygen atoms in total. The molecule has 3 heteroatoms. The minimum Gasteiger partial charge on any atom is -0.356 e. The number of rotatable bonds is 5. The van der Waals surface area contributed by atoms with E-state index in [0.29, 0.717) is 6.42 Å². The van der Waals surface area contributed by atoms with Crippen molar-refractivity contribution in [3.63, 3.8) is 0 Å². The molecule has 0 aromatic heterocycles. The van der Waals surface area contributed by atoms with Crippen LogP contribution in [-0.4, -0.2) is 25.0 Å². The van der Waals surface area contributed by atoms with E-state index in [-0.39, 0.29) is 11.4 Å². The summed E-state index contributed by atoms with van der Waals surface area (Å²) < 4.78 is 0. The van der Waals surface area contributed by atoms with Gasteiger partial charge in [0.25, 0.3) is 0 Å². The molecule has 0 aromatic rings. The second kappa shape index (κ2) is 6.74. The fraction of sp³-hybridized carbons (Fsp3) is 0.938. The highest BCUT2D eigenvalue weighted by molar-refractivity contribution is 5.77. The molecule has 110 valence electrons. The first-order valence-corrected chi connectivity index (χ1v) is 8.09. The van der Waals surface area contributed by atoms with Gasteiger partial charge in [0.05, 0.1) is 0 Å². The summed E-state index contributed by atoms with van der Waals surface area (Å²) in [6.07, 6.45) is 10.7. The summed E-state index contributed by atoms with van der Waals surface area (Å²) in [5, 5.41) is 6.60. The van der Waals surface area contributed by atoms with Gasteiger partial charge >= 0.3 is 0 Å². The fourth-order valence-electron chi connectivity index (χ4n) is 3.88. The lowest BCUT2D eigenvalue weighted by Crippen LogP contribution is -2.48. The van der Waals surface area contributed by atoms with Crippen molar-refractivity contribution in [3.8, 4) is 0 Å². The third-order valence-electron chi connectivity index (χ3n) is 5.23. The van der Waals surface area contributed by atoms with Gasteiger partial charge in [0, 0.05) is 18.5 Å². The van der Waals surface area contributed by atoms with Crippen molar-refractivity contribution in [2.45, 2.75) is 70.3 Å². The molecule has 2 saturated carbocycles. The molecule has 0 spiro atoms. The van der Waals surface area contributed by atoms with Gasteiger partial charge in [-0.15, -0.1) is 0 Å². The largest absolute Gasteiger partial charge is 0.356 e. The first-order chi connectivity index (χ1) is 9.13. The Morgan fingerprint density at radius 1 is 1.21 bits per heavy atom. The van der Waals surface area contributed by atoms with E-state index in [2.05, 4.69) is 17.6 Å². The molecule has 0 saturated heterocycles. The number of hydrogen-bond donors (Lipinski definition) is 2. The quantitative estimate of drug-likeness (QED) is 0.803. The van der Waals surface area contributed by atoms with Crippen LogP contribution >= 0.6 is 0 Å². The van der Waals surface area contributed by atoms with E-state index in [1.807, 2.05) is 7.05 Å². The van der Waals surface area contributed by atoms with E-state index in [1.54, 1.807) is 0 Å². The topological polar surface area (TPSA) is 41.1 Å². The van der Waals surface area contributed by atoms with Crippen LogP contribution in [0.4, 0.5) is 0 Å². The molecule has 0 aliphatic heterocycles. The van der Waals surface area contributed by atoms with Gasteiger partial charge in [-0.2, -0.15) is 0 Å². The minimum atomic E-state index is 0.0747. The van der Waals surface area contributed by atoms with Crippen molar-refractivity contribution in [1.82, 2.24) is 10.6 Å². The number of hydrogen-bond acceptors (Lipinski definition) is 2. The number of carbonyl (C=O) groups excluding carboxylic acids is 1. The zero-order valence-corrected chi connectivity index (χ0v) is 12.6. The van der Waals surface area contributed by atoms with Crippen LogP contribution in [0.15, 0.2) is 0 Å². The molecule has 2 aliphatic rings. The number of nitrogens with one attached hydrogen (secondary N) is 2. The van der Waals surface area contributed by atoms with Crippen molar-refractivity contribution >= 4 is 5.91 Å². The van der Waals surface area contributed by atoms with E-state index in [1.165, 1.54) is 38.5 Å². The lowest BCUT2D eigenvalue weighted by Gasteiger charge is -2.36. The summed E-state index contributed by atoms with van der Waals surface area (Å²) in [6, 6.07) is 0. The molecule has 1 amide bonds. The van der Waals surface area contributed by atoms with Crippen LogP contribution in [0.3, 0.4) is 0 Å². The summed E-state index contributed by atoms with van der Waals surface area (Å²) in [7, 11) is 2.01. The van der Waals surface area contributed by atoms with Crippen molar-refractivity contribution in [1.29, 1.82) is 0 Å². The fourth-order valence-corrected chi connectivity index (χ4v) is 3.88. The standard InChI is InChI=1S/C16H30N2O/c1-13-6-7-14(10-13)12-18-15(19)11-16(17-2)8-4-3-5-9-16/h13-14,17H,3-12H2,1-2H3,(H,18,19). The Hall–Kier alpha value is -0.570. The van der Waals surface area contributed by atoms with Gasteiger partial charge in [-0.3, -0.25) is 4.79 Å². The van der Waals surface area contributed by atoms with Gasteiger partial charge < -0.3 is 10.6 Å². The second-order valence-corrected chi connectivity index (χ2v) is 6.86. The Morgan fingerprint density at radius 2 is 1.95 bits per heavy atom. The highest BCUT2D eigenvalue weighted by Gasteiger charge is 2.32. The van der Waals surface area contributed by atoms with Crippen molar-refractivity contribution in [2.24, 2.45) is 11.8 Å². The van der Waals surface area contributed by atoms with E-state index in [4.69, 9.17) is 0 Å². The predicted octanol–water partition coefficient (Wildman–Crippen LogP) is 2.85. The second-order valence-electron chi connectivity index (χ2n) is 6.86. The Bertz CT molecular complexity index is 297. The highest BCUT2D eigenvalue weighted by Crippen LogP contribution is 2.31. The van der Waals surface area contributed by atoms with Crippen LogP contribution in [0.1, 0.15) is 64.7 Å². The molecule has 2 rings (SSSR count). The molecular formula is C16H30N2O. The van der Waals surface area contributed by atoms with Crippen LogP contribution in [0.25, 0.3) is 0 Å². The monoisotopic (exact) mass is 266 g/mol. The maximum absolute atomic E-state index is 12.2. The molecule has 2 aliphatic carbocycles. The van der Waals surface area contributed by atoms with Crippen LogP contribution in [0, 0.1) is 11.8 Å². The van der Waals surface area contributed by atoms with Gasteiger partial charge in [-0.05, 0) is 44.6 Å². The maximum atomic E-state index is 12.2. The molecule has 0 bridgehead atoms. The molecule has 2 fully saturated rings. The Kier molecular flexibility index (Phi) is 5.26. The molecule has 2 atom stereocenters. The number of amides is 1. The summed E-state index contributed by atoms with van der Waals surface area (Å²) in [5.41, 5.74) is 0.0747. The third kappa shape index (κ3) is 4.20. The first kappa shape index (κ1) is 14.8. The Morgan fingerprint density at radius 3 is 2.53 bits per heavy atom. The van der Waals surface area contributed by atoms with Crippen molar-refractivity contribution in [3.05, 3.63) is 0 Å². The first-order valence-electron chi connectivity index (χ1n) is 8.09. The van der Waals surface area contributed by atoms with Gasteiger partial charge in [-0.1, -0.05) is 32.6 Å². The average Bonchev–Trinajstić information content (AvgIpc) is 2.83. The third-order valence-corrected chi connectivity index (χ3v) is 5.23. The van der Waals surface area contributed by atoms with Gasteiger partial charge in [0.1, 0.15) is 0 Å². The Balaban J connectivity index is 1.73. The number of carbonyl (C=O) groups is 1. The lowest BCUT2D eigenvalue weighted by molar-refractivity contribution is -0.123. The van der Waals surface area contributed by atoms with Gasteiger partial charge in [0.2, 0.25) is 5.91 Å². The molecule has 0 aromatic carbocycles. The molecule has 2 unspecified atom stereocenters. The average molecular weight is 266 g/mol. The van der Waals surface area contributed by atoms with E-state index in [9.17, 15) is 4.79 Å². The zero-order valence-electron chi connectivity index (χ0n) is 12.6. The molecular weight excluding hydrogens is 236 g/mol. The zero-order chi connectivity index (χ0) is 13.7. The van der Waals surface area contributed by atoms with Crippen LogP contribution < -0.4 is 10.6 Å². The minimum absolute atomic E-state index is 0.0747. The summed E-state index contributed by atoms with van der Waals surface area (Å²) in [4.78, 5) is 12.2. The van der Waals surface area contributed by atoms with Crippen LogP contribution in [0.5, 0.6) is 0 Å².